The van der Waals surface area contributed by atoms with E-state index in [9.17, 15) is 18.0 Å². The van der Waals surface area contributed by atoms with Crippen molar-refractivity contribution >= 4 is 33.8 Å². The number of carbonyl (C=O) groups excluding carboxylic acids is 1. The lowest BCUT2D eigenvalue weighted by atomic mass is 10.1. The summed E-state index contributed by atoms with van der Waals surface area (Å²) in [6.07, 6.45) is 1.45. The minimum Gasteiger partial charge on any atom is -0.389 e. The Kier molecular flexibility index (Phi) is 5.82. The van der Waals surface area contributed by atoms with Crippen LogP contribution >= 0.6 is 11.3 Å². The number of rotatable bonds is 4. The summed E-state index contributed by atoms with van der Waals surface area (Å²) in [4.78, 5) is 18.8. The van der Waals surface area contributed by atoms with Gasteiger partial charge in [0.05, 0.1) is 18.3 Å². The molecule has 0 saturated carbocycles. The summed E-state index contributed by atoms with van der Waals surface area (Å²) in [6, 6.07) is 3.45. The fourth-order valence-electron chi connectivity index (χ4n) is 3.66. The van der Waals surface area contributed by atoms with Crippen LogP contribution in [0.25, 0.3) is 10.6 Å². The Morgan fingerprint density at radius 2 is 2.06 bits per heavy atom. The number of hydrogen-bond acceptors (Lipinski definition) is 7. The molecule has 1 saturated heterocycles. The minimum atomic E-state index is -1.47. The monoisotopic (exact) mass is 465 g/mol. The van der Waals surface area contributed by atoms with Crippen molar-refractivity contribution in [3.63, 3.8) is 0 Å². The number of nitrogen functional groups attached to an aromatic ring is 1. The van der Waals surface area contributed by atoms with Gasteiger partial charge in [-0.2, -0.15) is 5.10 Å². The molecule has 0 spiro atoms. The van der Waals surface area contributed by atoms with E-state index in [1.807, 2.05) is 0 Å². The second-order valence-corrected chi connectivity index (χ2v) is 8.83. The van der Waals surface area contributed by atoms with Gasteiger partial charge in [-0.25, -0.2) is 18.2 Å². The topological polar surface area (TPSA) is 101 Å². The van der Waals surface area contributed by atoms with E-state index in [-0.39, 0.29) is 34.4 Å². The molecule has 3 heterocycles. The van der Waals surface area contributed by atoms with Gasteiger partial charge in [0.15, 0.2) is 11.5 Å². The number of amides is 1. The fraction of sp³-hybridized carbons (Fsp3) is 0.350. The van der Waals surface area contributed by atoms with E-state index in [0.717, 1.165) is 23.5 Å². The number of carbonyl (C=O) groups is 1. The highest BCUT2D eigenvalue weighted by atomic mass is 32.1. The predicted octanol–water partition coefficient (Wildman–Crippen LogP) is 2.79. The normalized spacial score (nSPS) is 19.1. The lowest BCUT2D eigenvalue weighted by molar-refractivity contribution is 0.102. The highest BCUT2D eigenvalue weighted by Crippen LogP contribution is 2.34. The van der Waals surface area contributed by atoms with Gasteiger partial charge >= 0.3 is 0 Å². The smallest absolute Gasteiger partial charge is 0.277 e. The van der Waals surface area contributed by atoms with Crippen LogP contribution in [-0.4, -0.2) is 52.5 Å². The first kappa shape index (κ1) is 22.1. The Balaban J connectivity index is 1.62. The van der Waals surface area contributed by atoms with Crippen LogP contribution in [0.4, 0.5) is 29.7 Å². The molecule has 2 aromatic heterocycles. The van der Waals surface area contributed by atoms with Gasteiger partial charge in [-0.15, -0.1) is 0 Å². The third-order valence-corrected chi connectivity index (χ3v) is 5.97. The maximum absolute atomic E-state index is 14.7. The molecule has 4 N–H and O–H groups in total. The number of nitrogens with one attached hydrogen (secondary N) is 2. The predicted molar refractivity (Wildman–Crippen MR) is 118 cm³/mol. The first-order valence-corrected chi connectivity index (χ1v) is 10.7. The molecule has 1 atom stereocenters. The lowest BCUT2D eigenvalue weighted by Gasteiger charge is -2.28. The molecule has 12 heteroatoms. The molecule has 8 nitrogen and oxygen atoms in total. The zero-order valence-corrected chi connectivity index (χ0v) is 18.3. The molecule has 0 unspecified atom stereocenters. The molecule has 0 radical (unpaired) electrons. The number of hydrogen-bond donors (Lipinski definition) is 3. The maximum atomic E-state index is 14.7. The maximum Gasteiger partial charge on any atom is 0.277 e. The van der Waals surface area contributed by atoms with Crippen molar-refractivity contribution in [1.82, 2.24) is 20.1 Å². The van der Waals surface area contributed by atoms with Crippen LogP contribution in [0.3, 0.4) is 0 Å². The zero-order chi connectivity index (χ0) is 23.0. The standard InChI is InChI=1S/C20H22F3N7OS/c1-20(23)9-25-6-7-30(10-20)19-13(8-26-29(19)2)27-17(31)15-16(24)32-18(28-15)14-11(21)4-3-5-12(14)22/h3-5,8,25H,6-7,9-10,24H2,1-2H3,(H,27,31)/t20-/m0/s1. The van der Waals surface area contributed by atoms with E-state index in [2.05, 4.69) is 20.7 Å². The molecule has 1 fully saturated rings. The highest BCUT2D eigenvalue weighted by molar-refractivity contribution is 7.19. The van der Waals surface area contributed by atoms with Crippen molar-refractivity contribution < 1.29 is 18.0 Å². The second-order valence-electron chi connectivity index (χ2n) is 7.80. The van der Waals surface area contributed by atoms with Crippen molar-refractivity contribution in [2.45, 2.75) is 12.6 Å². The van der Waals surface area contributed by atoms with Gasteiger partial charge in [-0.1, -0.05) is 17.4 Å². The van der Waals surface area contributed by atoms with Crippen LogP contribution in [-0.2, 0) is 7.05 Å². The molecule has 3 aromatic rings. The number of benzene rings is 1. The fourth-order valence-corrected chi connectivity index (χ4v) is 4.53. The molecule has 32 heavy (non-hydrogen) atoms. The first-order chi connectivity index (χ1) is 15.2. The Labute approximate surface area is 186 Å². The molecule has 4 rings (SSSR count). The van der Waals surface area contributed by atoms with Crippen LogP contribution < -0.4 is 21.3 Å². The first-order valence-electron chi connectivity index (χ1n) is 9.85. The molecular weight excluding hydrogens is 443 g/mol. The molecule has 170 valence electrons. The molecule has 1 aliphatic heterocycles. The van der Waals surface area contributed by atoms with Crippen molar-refractivity contribution in [3.8, 4) is 10.6 Å². The van der Waals surface area contributed by atoms with Gasteiger partial charge in [0.2, 0.25) is 0 Å². The highest BCUT2D eigenvalue weighted by Gasteiger charge is 2.32. The largest absolute Gasteiger partial charge is 0.389 e. The summed E-state index contributed by atoms with van der Waals surface area (Å²) in [7, 11) is 1.69. The number of thiazole rings is 1. The van der Waals surface area contributed by atoms with E-state index in [4.69, 9.17) is 5.73 Å². The number of alkyl halides is 1. The number of anilines is 3. The Morgan fingerprint density at radius 1 is 1.34 bits per heavy atom. The SMILES string of the molecule is Cn1ncc(NC(=O)c2nc(-c3c(F)cccc3F)sc2N)c1N1CCNC[C@](C)(F)C1. The van der Waals surface area contributed by atoms with Crippen molar-refractivity contribution in [3.05, 3.63) is 41.7 Å². The zero-order valence-electron chi connectivity index (χ0n) is 17.5. The number of nitrogens with two attached hydrogens (primary N) is 1. The van der Waals surface area contributed by atoms with Crippen LogP contribution in [0.15, 0.2) is 24.4 Å². The van der Waals surface area contributed by atoms with Gasteiger partial charge in [0.1, 0.15) is 33.0 Å². The number of nitrogens with zero attached hydrogens (tertiary/aromatic N) is 4. The third-order valence-electron chi connectivity index (χ3n) is 5.07. The van der Waals surface area contributed by atoms with Crippen LogP contribution in [0.2, 0.25) is 0 Å². The van der Waals surface area contributed by atoms with Gasteiger partial charge in [-0.05, 0) is 19.1 Å². The number of aryl methyl sites for hydroxylation is 1. The van der Waals surface area contributed by atoms with Gasteiger partial charge in [0.25, 0.3) is 5.91 Å². The average Bonchev–Trinajstić information content (AvgIpc) is 3.20. The van der Waals surface area contributed by atoms with Gasteiger partial charge < -0.3 is 21.3 Å². The van der Waals surface area contributed by atoms with E-state index < -0.39 is 23.2 Å². The number of halogens is 3. The Hall–Kier alpha value is -3.12. The van der Waals surface area contributed by atoms with Gasteiger partial charge in [-0.3, -0.25) is 9.48 Å². The van der Waals surface area contributed by atoms with Crippen LogP contribution in [0.1, 0.15) is 17.4 Å². The molecular formula is C20H22F3N7OS. The second kappa shape index (κ2) is 8.43. The number of aromatic nitrogens is 3. The summed E-state index contributed by atoms with van der Waals surface area (Å²) in [5.41, 5.74) is 4.31. The van der Waals surface area contributed by atoms with E-state index in [1.54, 1.807) is 16.6 Å². The van der Waals surface area contributed by atoms with Gasteiger partial charge in [0, 0.05) is 26.7 Å². The molecule has 1 aliphatic rings. The van der Waals surface area contributed by atoms with E-state index in [1.165, 1.54) is 19.2 Å². The van der Waals surface area contributed by atoms with E-state index >= 15 is 0 Å². The summed E-state index contributed by atoms with van der Waals surface area (Å²) >= 11 is 0.811. The average molecular weight is 466 g/mol. The summed E-state index contributed by atoms with van der Waals surface area (Å²) in [5, 5.41) is 9.91. The molecule has 0 bridgehead atoms. The Morgan fingerprint density at radius 3 is 2.78 bits per heavy atom. The van der Waals surface area contributed by atoms with Crippen molar-refractivity contribution in [2.24, 2.45) is 7.05 Å². The summed E-state index contributed by atoms with van der Waals surface area (Å²) in [5.74, 6) is -1.74. The molecule has 1 aromatic carbocycles. The third kappa shape index (κ3) is 4.28. The minimum absolute atomic E-state index is 0.0147. The molecule has 0 aliphatic carbocycles. The summed E-state index contributed by atoms with van der Waals surface area (Å²) < 4.78 is 44.5. The molecule has 1 amide bonds. The van der Waals surface area contributed by atoms with Crippen LogP contribution in [0, 0.1) is 11.6 Å². The van der Waals surface area contributed by atoms with Crippen molar-refractivity contribution in [1.29, 1.82) is 0 Å². The van der Waals surface area contributed by atoms with Crippen molar-refractivity contribution in [2.75, 3.05) is 42.1 Å². The lowest BCUT2D eigenvalue weighted by Crippen LogP contribution is -2.40. The van der Waals surface area contributed by atoms with Crippen LogP contribution in [0.5, 0.6) is 0 Å². The van der Waals surface area contributed by atoms with E-state index in [0.29, 0.717) is 24.6 Å². The Bertz CT molecular complexity index is 1140. The summed E-state index contributed by atoms with van der Waals surface area (Å²) in [6.45, 7) is 2.91. The quantitative estimate of drug-likeness (QED) is 0.548.